The van der Waals surface area contributed by atoms with Gasteiger partial charge < -0.3 is 15.1 Å². The fourth-order valence-electron chi connectivity index (χ4n) is 2.97. The number of fused-ring (bicyclic) bond motifs is 2. The number of azo groups is 1. The number of carbonyl (C=O) groups is 1. The normalized spacial score (nSPS) is 11.7. The van der Waals surface area contributed by atoms with Crippen LogP contribution < -0.4 is 0 Å². The monoisotopic (exact) mass is 410 g/mol. The number of benzene rings is 2. The maximum atomic E-state index is 12.1. The van der Waals surface area contributed by atoms with E-state index in [4.69, 9.17) is 0 Å². The molecule has 3 N–H and O–H groups in total. The Labute approximate surface area is 157 Å². The molecule has 0 fully saturated rings. The maximum Gasteiger partial charge on any atom is 0.265 e. The van der Waals surface area contributed by atoms with E-state index in [-0.39, 0.29) is 23.9 Å². The van der Waals surface area contributed by atoms with Crippen LogP contribution >= 0.6 is 15.9 Å². The lowest BCUT2D eigenvalue weighted by Gasteiger charge is -1.96. The summed E-state index contributed by atoms with van der Waals surface area (Å²) in [6, 6.07) is 13.4. The molecule has 130 valence electrons. The second-order valence-electron chi connectivity index (χ2n) is 5.97. The summed E-state index contributed by atoms with van der Waals surface area (Å²) in [5, 5.41) is 19.5. The third-order valence-electron chi connectivity index (χ3n) is 4.26. The standard InChI is InChI=1S/C19H15BrN4O2/c20-12-6-7-16-14(9-12)18(19(26)22-16)24-23-17(25)8-5-11-10-21-15-4-2-1-3-13(11)15/h1-4,6-7,9-10,21-22,26H,5,8H2. The van der Waals surface area contributed by atoms with Gasteiger partial charge in [0.1, 0.15) is 0 Å². The van der Waals surface area contributed by atoms with Crippen LogP contribution in [0.5, 0.6) is 5.88 Å². The van der Waals surface area contributed by atoms with Gasteiger partial charge in [-0.25, -0.2) is 0 Å². The van der Waals surface area contributed by atoms with Crippen LogP contribution in [-0.4, -0.2) is 21.0 Å². The van der Waals surface area contributed by atoms with Gasteiger partial charge in [0.25, 0.3) is 5.91 Å². The highest BCUT2D eigenvalue weighted by Crippen LogP contribution is 2.36. The van der Waals surface area contributed by atoms with E-state index in [1.165, 1.54) is 0 Å². The molecule has 2 aromatic carbocycles. The van der Waals surface area contributed by atoms with Crippen molar-refractivity contribution < 1.29 is 9.90 Å². The summed E-state index contributed by atoms with van der Waals surface area (Å²) in [5.74, 6) is -0.440. The second kappa shape index (κ2) is 6.76. The number of amides is 1. The SMILES string of the molecule is O=C(CCc1c[nH]c2ccccc12)N=Nc1c(O)[nH]c2ccc(Br)cc12. The maximum absolute atomic E-state index is 12.1. The summed E-state index contributed by atoms with van der Waals surface area (Å²) in [4.78, 5) is 18.1. The van der Waals surface area contributed by atoms with Crippen molar-refractivity contribution in [1.29, 1.82) is 0 Å². The molecule has 4 rings (SSSR count). The van der Waals surface area contributed by atoms with Crippen molar-refractivity contribution in [2.75, 3.05) is 0 Å². The summed E-state index contributed by atoms with van der Waals surface area (Å²) < 4.78 is 0.853. The molecule has 0 atom stereocenters. The molecule has 0 bridgehead atoms. The van der Waals surface area contributed by atoms with Gasteiger partial charge in [0, 0.05) is 33.4 Å². The van der Waals surface area contributed by atoms with Gasteiger partial charge in [-0.15, -0.1) is 10.2 Å². The van der Waals surface area contributed by atoms with E-state index in [2.05, 4.69) is 36.1 Å². The van der Waals surface area contributed by atoms with E-state index >= 15 is 0 Å². The lowest BCUT2D eigenvalue weighted by atomic mass is 10.1. The number of nitrogens with zero attached hydrogens (tertiary/aromatic N) is 2. The van der Waals surface area contributed by atoms with Gasteiger partial charge in [0.05, 0.1) is 5.52 Å². The number of aromatic amines is 2. The van der Waals surface area contributed by atoms with Crippen LogP contribution in [0.4, 0.5) is 5.69 Å². The smallest absolute Gasteiger partial charge is 0.265 e. The quantitative estimate of drug-likeness (QED) is 0.395. The van der Waals surface area contributed by atoms with Crippen molar-refractivity contribution >= 4 is 49.3 Å². The number of aromatic nitrogens is 2. The molecule has 1 amide bonds. The van der Waals surface area contributed by atoms with Crippen LogP contribution in [0.2, 0.25) is 0 Å². The number of para-hydroxylation sites is 1. The minimum absolute atomic E-state index is 0.105. The number of carbonyl (C=O) groups excluding carboxylic acids is 1. The first kappa shape index (κ1) is 16.5. The Hall–Kier alpha value is -2.93. The molecule has 0 saturated heterocycles. The summed E-state index contributed by atoms with van der Waals surface area (Å²) >= 11 is 3.38. The minimum Gasteiger partial charge on any atom is -0.493 e. The van der Waals surface area contributed by atoms with E-state index in [1.807, 2.05) is 48.7 Å². The molecule has 0 aliphatic rings. The van der Waals surface area contributed by atoms with Crippen LogP contribution in [0.1, 0.15) is 12.0 Å². The largest absolute Gasteiger partial charge is 0.493 e. The fraction of sp³-hybridized carbons (Fsp3) is 0.105. The first-order chi connectivity index (χ1) is 12.6. The third-order valence-corrected chi connectivity index (χ3v) is 4.75. The third kappa shape index (κ3) is 3.13. The molecular weight excluding hydrogens is 396 g/mol. The van der Waals surface area contributed by atoms with E-state index in [1.54, 1.807) is 0 Å². The van der Waals surface area contributed by atoms with E-state index < -0.39 is 0 Å². The van der Waals surface area contributed by atoms with Crippen molar-refractivity contribution in [3.05, 3.63) is 58.7 Å². The molecule has 2 heterocycles. The summed E-state index contributed by atoms with van der Waals surface area (Å²) in [6.07, 6.45) is 2.74. The van der Waals surface area contributed by atoms with Crippen molar-refractivity contribution in [2.45, 2.75) is 12.8 Å². The highest BCUT2D eigenvalue weighted by Gasteiger charge is 2.12. The number of H-pyrrole nitrogens is 2. The van der Waals surface area contributed by atoms with Crippen molar-refractivity contribution in [3.8, 4) is 5.88 Å². The van der Waals surface area contributed by atoms with Crippen molar-refractivity contribution in [2.24, 2.45) is 10.2 Å². The van der Waals surface area contributed by atoms with Gasteiger partial charge >= 0.3 is 0 Å². The number of aryl methyl sites for hydroxylation is 1. The predicted octanol–water partition coefficient (Wildman–Crippen LogP) is 5.36. The Bertz CT molecular complexity index is 1140. The van der Waals surface area contributed by atoms with E-state index in [0.29, 0.717) is 11.8 Å². The zero-order chi connectivity index (χ0) is 18.1. The average molecular weight is 411 g/mol. The van der Waals surface area contributed by atoms with E-state index in [0.717, 1.165) is 26.5 Å². The van der Waals surface area contributed by atoms with E-state index in [9.17, 15) is 9.90 Å². The molecule has 26 heavy (non-hydrogen) atoms. The highest BCUT2D eigenvalue weighted by atomic mass is 79.9. The zero-order valence-corrected chi connectivity index (χ0v) is 15.2. The number of nitrogens with one attached hydrogen (secondary N) is 2. The number of hydrogen-bond acceptors (Lipinski definition) is 3. The molecule has 4 aromatic rings. The molecule has 0 saturated carbocycles. The molecule has 0 unspecified atom stereocenters. The molecular formula is C19H15BrN4O2. The second-order valence-corrected chi connectivity index (χ2v) is 6.88. The number of halogens is 1. The Morgan fingerprint density at radius 2 is 1.96 bits per heavy atom. The molecule has 2 aromatic heterocycles. The van der Waals surface area contributed by atoms with Crippen LogP contribution in [0.15, 0.2) is 63.4 Å². The van der Waals surface area contributed by atoms with Crippen molar-refractivity contribution in [1.82, 2.24) is 9.97 Å². The van der Waals surface area contributed by atoms with Gasteiger partial charge in [-0.3, -0.25) is 4.79 Å². The molecule has 0 spiro atoms. The van der Waals surface area contributed by atoms with Gasteiger partial charge in [0.15, 0.2) is 5.69 Å². The van der Waals surface area contributed by atoms with Crippen LogP contribution in [0.25, 0.3) is 21.8 Å². The Morgan fingerprint density at radius 3 is 2.85 bits per heavy atom. The zero-order valence-electron chi connectivity index (χ0n) is 13.7. The molecule has 0 aliphatic carbocycles. The molecule has 0 radical (unpaired) electrons. The van der Waals surface area contributed by atoms with Gasteiger partial charge in [-0.2, -0.15) is 0 Å². The molecule has 7 heteroatoms. The lowest BCUT2D eigenvalue weighted by molar-refractivity contribution is -0.118. The van der Waals surface area contributed by atoms with Gasteiger partial charge in [-0.1, -0.05) is 34.1 Å². The predicted molar refractivity (Wildman–Crippen MR) is 104 cm³/mol. The number of hydrogen-bond donors (Lipinski definition) is 3. The van der Waals surface area contributed by atoms with Crippen LogP contribution in [0.3, 0.4) is 0 Å². The first-order valence-electron chi connectivity index (χ1n) is 8.11. The lowest BCUT2D eigenvalue weighted by Crippen LogP contribution is -1.95. The Morgan fingerprint density at radius 1 is 1.12 bits per heavy atom. The summed E-state index contributed by atoms with van der Waals surface area (Å²) in [5.41, 5.74) is 3.11. The number of rotatable bonds is 4. The first-order valence-corrected chi connectivity index (χ1v) is 8.91. The van der Waals surface area contributed by atoms with Crippen LogP contribution in [0, 0.1) is 0 Å². The molecule has 6 nitrogen and oxygen atoms in total. The number of aromatic hydroxyl groups is 1. The van der Waals surface area contributed by atoms with Crippen LogP contribution in [-0.2, 0) is 11.2 Å². The minimum atomic E-state index is -0.334. The highest BCUT2D eigenvalue weighted by molar-refractivity contribution is 9.10. The Balaban J connectivity index is 1.50. The fourth-order valence-corrected chi connectivity index (χ4v) is 3.33. The Kier molecular flexibility index (Phi) is 4.30. The van der Waals surface area contributed by atoms with Crippen molar-refractivity contribution in [3.63, 3.8) is 0 Å². The average Bonchev–Trinajstić information content (AvgIpc) is 3.18. The van der Waals surface area contributed by atoms with Gasteiger partial charge in [-0.05, 0) is 36.2 Å². The van der Waals surface area contributed by atoms with Gasteiger partial charge in [0.2, 0.25) is 5.88 Å². The topological polar surface area (TPSA) is 93.6 Å². The summed E-state index contributed by atoms with van der Waals surface area (Å²) in [7, 11) is 0. The molecule has 0 aliphatic heterocycles. The summed E-state index contributed by atoms with van der Waals surface area (Å²) in [6.45, 7) is 0.